The molecule has 0 aliphatic carbocycles. The van der Waals surface area contributed by atoms with Gasteiger partial charge >= 0.3 is 0 Å². The number of aromatic nitrogens is 3. The first-order valence-electron chi connectivity index (χ1n) is 4.31. The SMILES string of the molecule is Cc1cc(CCl)cnc1-n1ccnc1. The van der Waals surface area contributed by atoms with Crippen LogP contribution in [0.5, 0.6) is 0 Å². The summed E-state index contributed by atoms with van der Waals surface area (Å²) in [5.74, 6) is 1.40. The van der Waals surface area contributed by atoms with Gasteiger partial charge in [-0.2, -0.15) is 0 Å². The van der Waals surface area contributed by atoms with Gasteiger partial charge in [-0.1, -0.05) is 0 Å². The fourth-order valence-corrected chi connectivity index (χ4v) is 1.50. The molecule has 0 aliphatic rings. The molecule has 0 atom stereocenters. The summed E-state index contributed by atoms with van der Waals surface area (Å²) in [4.78, 5) is 8.31. The first-order chi connectivity index (χ1) is 6.81. The molecular weight excluding hydrogens is 198 g/mol. The molecule has 0 amide bonds. The molecule has 0 bridgehead atoms. The average Bonchev–Trinajstić information content (AvgIpc) is 2.70. The zero-order valence-electron chi connectivity index (χ0n) is 7.81. The van der Waals surface area contributed by atoms with Crippen molar-refractivity contribution in [3.05, 3.63) is 42.1 Å². The van der Waals surface area contributed by atoms with Gasteiger partial charge in [0.1, 0.15) is 12.1 Å². The lowest BCUT2D eigenvalue weighted by Gasteiger charge is -2.05. The molecule has 3 nitrogen and oxygen atoms in total. The summed E-state index contributed by atoms with van der Waals surface area (Å²) in [6, 6.07) is 2.04. The Hall–Kier alpha value is -1.35. The van der Waals surface area contributed by atoms with E-state index in [1.165, 1.54) is 0 Å². The van der Waals surface area contributed by atoms with Crippen LogP contribution in [0.3, 0.4) is 0 Å². The Bertz CT molecular complexity index is 423. The summed E-state index contributed by atoms with van der Waals surface area (Å²) < 4.78 is 1.88. The summed E-state index contributed by atoms with van der Waals surface area (Å²) in [5.41, 5.74) is 2.13. The van der Waals surface area contributed by atoms with Crippen LogP contribution in [0.4, 0.5) is 0 Å². The summed E-state index contributed by atoms with van der Waals surface area (Å²) in [6.45, 7) is 2.01. The first kappa shape index (κ1) is 9.21. The Balaban J connectivity index is 2.46. The molecule has 2 aromatic heterocycles. The first-order valence-corrected chi connectivity index (χ1v) is 4.84. The lowest BCUT2D eigenvalue weighted by Crippen LogP contribution is -1.98. The number of halogens is 1. The van der Waals surface area contributed by atoms with Crippen molar-refractivity contribution in [3.63, 3.8) is 0 Å². The van der Waals surface area contributed by atoms with E-state index in [1.54, 1.807) is 18.7 Å². The maximum Gasteiger partial charge on any atom is 0.140 e. The smallest absolute Gasteiger partial charge is 0.140 e. The third-order valence-corrected chi connectivity index (χ3v) is 2.32. The van der Waals surface area contributed by atoms with Gasteiger partial charge in [-0.05, 0) is 24.1 Å². The Kier molecular flexibility index (Phi) is 2.50. The standard InChI is InChI=1S/C10H10ClN3/c1-8-4-9(5-11)6-13-10(8)14-3-2-12-7-14/h2-4,6-7H,5H2,1H3. The molecule has 0 saturated carbocycles. The minimum atomic E-state index is 0.498. The molecule has 0 N–H and O–H groups in total. The van der Waals surface area contributed by atoms with E-state index < -0.39 is 0 Å². The van der Waals surface area contributed by atoms with Crippen LogP contribution >= 0.6 is 11.6 Å². The number of imidazole rings is 1. The zero-order chi connectivity index (χ0) is 9.97. The van der Waals surface area contributed by atoms with Crippen LogP contribution in [0.1, 0.15) is 11.1 Å². The van der Waals surface area contributed by atoms with Crippen molar-refractivity contribution in [1.29, 1.82) is 0 Å². The summed E-state index contributed by atoms with van der Waals surface area (Å²) >= 11 is 5.72. The van der Waals surface area contributed by atoms with Gasteiger partial charge in [0.05, 0.1) is 0 Å². The molecule has 0 unspecified atom stereocenters. The Labute approximate surface area is 87.4 Å². The van der Waals surface area contributed by atoms with Crippen LogP contribution in [-0.4, -0.2) is 14.5 Å². The number of rotatable bonds is 2. The normalized spacial score (nSPS) is 10.4. The lowest BCUT2D eigenvalue weighted by atomic mass is 10.2. The van der Waals surface area contributed by atoms with Crippen molar-refractivity contribution >= 4 is 11.6 Å². The fraction of sp³-hybridized carbons (Fsp3) is 0.200. The Morgan fingerprint density at radius 3 is 2.93 bits per heavy atom. The lowest BCUT2D eigenvalue weighted by molar-refractivity contribution is 0.968. The molecule has 0 aliphatic heterocycles. The molecule has 0 fully saturated rings. The van der Waals surface area contributed by atoms with E-state index in [9.17, 15) is 0 Å². The van der Waals surface area contributed by atoms with Gasteiger partial charge in [-0.15, -0.1) is 11.6 Å². The molecule has 4 heteroatoms. The van der Waals surface area contributed by atoms with Gasteiger partial charge in [-0.3, -0.25) is 4.57 Å². The van der Waals surface area contributed by atoms with Crippen molar-refractivity contribution in [1.82, 2.24) is 14.5 Å². The van der Waals surface area contributed by atoms with Crippen LogP contribution in [0.25, 0.3) is 5.82 Å². The second-order valence-corrected chi connectivity index (χ2v) is 3.35. The minimum Gasteiger partial charge on any atom is -0.290 e. The highest BCUT2D eigenvalue weighted by Gasteiger charge is 2.02. The summed E-state index contributed by atoms with van der Waals surface area (Å²) in [7, 11) is 0. The van der Waals surface area contributed by atoms with E-state index in [1.807, 2.05) is 23.8 Å². The molecule has 2 heterocycles. The number of alkyl halides is 1. The van der Waals surface area contributed by atoms with Gasteiger partial charge in [0.15, 0.2) is 0 Å². The van der Waals surface area contributed by atoms with E-state index in [0.717, 1.165) is 16.9 Å². The van der Waals surface area contributed by atoms with Crippen LogP contribution < -0.4 is 0 Å². The Morgan fingerprint density at radius 2 is 2.36 bits per heavy atom. The van der Waals surface area contributed by atoms with E-state index >= 15 is 0 Å². The van der Waals surface area contributed by atoms with Crippen LogP contribution in [0.2, 0.25) is 0 Å². The highest BCUT2D eigenvalue weighted by Crippen LogP contribution is 2.13. The molecule has 72 valence electrons. The van der Waals surface area contributed by atoms with Crippen LogP contribution in [-0.2, 0) is 5.88 Å². The van der Waals surface area contributed by atoms with Crippen LogP contribution in [0, 0.1) is 6.92 Å². The van der Waals surface area contributed by atoms with Gasteiger partial charge in [0, 0.05) is 24.5 Å². The van der Waals surface area contributed by atoms with E-state index in [0.29, 0.717) is 5.88 Å². The van der Waals surface area contributed by atoms with Crippen LogP contribution in [0.15, 0.2) is 31.0 Å². The van der Waals surface area contributed by atoms with Crippen molar-refractivity contribution in [2.24, 2.45) is 0 Å². The predicted octanol–water partition coefficient (Wildman–Crippen LogP) is 2.31. The van der Waals surface area contributed by atoms with E-state index in [-0.39, 0.29) is 0 Å². The molecule has 0 radical (unpaired) electrons. The minimum absolute atomic E-state index is 0.498. The maximum absolute atomic E-state index is 5.72. The number of pyridine rings is 1. The molecular formula is C10H10ClN3. The number of hydrogen-bond acceptors (Lipinski definition) is 2. The second kappa shape index (κ2) is 3.80. The molecule has 0 spiro atoms. The van der Waals surface area contributed by atoms with Crippen molar-refractivity contribution in [3.8, 4) is 5.82 Å². The summed E-state index contributed by atoms with van der Waals surface area (Å²) in [5, 5.41) is 0. The predicted molar refractivity (Wildman–Crippen MR) is 55.7 cm³/mol. The molecule has 2 rings (SSSR count). The number of nitrogens with zero attached hydrogens (tertiary/aromatic N) is 3. The van der Waals surface area contributed by atoms with Crippen molar-refractivity contribution in [2.75, 3.05) is 0 Å². The maximum atomic E-state index is 5.72. The summed E-state index contributed by atoms with van der Waals surface area (Å²) in [6.07, 6.45) is 7.12. The van der Waals surface area contributed by atoms with Crippen molar-refractivity contribution < 1.29 is 0 Å². The quantitative estimate of drug-likeness (QED) is 0.708. The molecule has 0 aromatic carbocycles. The van der Waals surface area contributed by atoms with E-state index in [4.69, 9.17) is 11.6 Å². The second-order valence-electron chi connectivity index (χ2n) is 3.09. The molecule has 0 saturated heterocycles. The molecule has 2 aromatic rings. The van der Waals surface area contributed by atoms with Crippen molar-refractivity contribution in [2.45, 2.75) is 12.8 Å². The van der Waals surface area contributed by atoms with Gasteiger partial charge < -0.3 is 0 Å². The zero-order valence-corrected chi connectivity index (χ0v) is 8.57. The fourth-order valence-electron chi connectivity index (χ4n) is 1.35. The largest absolute Gasteiger partial charge is 0.290 e. The highest BCUT2D eigenvalue weighted by molar-refractivity contribution is 6.17. The highest BCUT2D eigenvalue weighted by atomic mass is 35.5. The average molecular weight is 208 g/mol. The number of aryl methyl sites for hydroxylation is 1. The third-order valence-electron chi connectivity index (χ3n) is 2.01. The monoisotopic (exact) mass is 207 g/mol. The van der Waals surface area contributed by atoms with Gasteiger partial charge in [-0.25, -0.2) is 9.97 Å². The van der Waals surface area contributed by atoms with Gasteiger partial charge in [0.2, 0.25) is 0 Å². The Morgan fingerprint density at radius 1 is 1.50 bits per heavy atom. The number of hydrogen-bond donors (Lipinski definition) is 0. The third kappa shape index (κ3) is 1.63. The molecule has 14 heavy (non-hydrogen) atoms. The topological polar surface area (TPSA) is 30.7 Å². The van der Waals surface area contributed by atoms with Gasteiger partial charge in [0.25, 0.3) is 0 Å². The van der Waals surface area contributed by atoms with E-state index in [2.05, 4.69) is 9.97 Å².